The van der Waals surface area contributed by atoms with Crippen molar-refractivity contribution in [1.82, 2.24) is 15.6 Å². The Morgan fingerprint density at radius 3 is 2.43 bits per heavy atom. The van der Waals surface area contributed by atoms with Gasteiger partial charge in [0.15, 0.2) is 0 Å². The molecule has 7 nitrogen and oxygen atoms in total. The molecule has 2 unspecified atom stereocenters. The van der Waals surface area contributed by atoms with E-state index < -0.39 is 11.9 Å². The van der Waals surface area contributed by atoms with E-state index in [2.05, 4.69) is 36.0 Å². The molecule has 1 aromatic carbocycles. The Labute approximate surface area is 213 Å². The lowest BCUT2D eigenvalue weighted by Crippen LogP contribution is -2.38. The Bertz CT molecular complexity index is 960. The van der Waals surface area contributed by atoms with Gasteiger partial charge in [-0.3, -0.25) is 9.59 Å². The number of carboxylic acid groups (broad SMARTS) is 1. The molecule has 0 aliphatic heterocycles. The second kappa shape index (κ2) is 14.1. The van der Waals surface area contributed by atoms with Crippen LogP contribution in [0.15, 0.2) is 47.9 Å². The number of thiazole rings is 1. The van der Waals surface area contributed by atoms with Crippen LogP contribution < -0.4 is 10.6 Å². The molecule has 0 saturated carbocycles. The third-order valence-corrected chi connectivity index (χ3v) is 6.86. The molecule has 0 bridgehead atoms. The Morgan fingerprint density at radius 1 is 1.17 bits per heavy atom. The monoisotopic (exact) mass is 501 g/mol. The van der Waals surface area contributed by atoms with Gasteiger partial charge in [-0.15, -0.1) is 11.3 Å². The van der Waals surface area contributed by atoms with Gasteiger partial charge in [-0.25, -0.2) is 4.98 Å². The lowest BCUT2D eigenvalue weighted by Gasteiger charge is -2.25. The van der Waals surface area contributed by atoms with Crippen molar-refractivity contribution in [2.24, 2.45) is 11.8 Å². The van der Waals surface area contributed by atoms with Crippen LogP contribution in [-0.2, 0) is 16.0 Å². The normalized spacial score (nSPS) is 14.8. The van der Waals surface area contributed by atoms with Gasteiger partial charge < -0.3 is 20.5 Å². The Morgan fingerprint density at radius 2 is 1.86 bits per heavy atom. The molecule has 1 heterocycles. The first kappa shape index (κ1) is 28.7. The molecule has 0 aliphatic rings. The summed E-state index contributed by atoms with van der Waals surface area (Å²) in [6.45, 7) is 12.2. The molecule has 2 rings (SSSR count). The highest BCUT2D eigenvalue weighted by Crippen LogP contribution is 2.28. The van der Waals surface area contributed by atoms with Crippen LogP contribution in [-0.4, -0.2) is 47.7 Å². The molecule has 0 aliphatic carbocycles. The highest BCUT2D eigenvalue weighted by molar-refractivity contribution is 7.09. The van der Waals surface area contributed by atoms with Gasteiger partial charge in [-0.05, 0) is 44.7 Å². The predicted molar refractivity (Wildman–Crippen MR) is 141 cm³/mol. The molecule has 1 aromatic heterocycles. The van der Waals surface area contributed by atoms with Gasteiger partial charge in [0, 0.05) is 17.5 Å². The quantitative estimate of drug-likeness (QED) is 0.301. The number of aliphatic carboxylic acids is 1. The second-order valence-electron chi connectivity index (χ2n) is 9.54. The van der Waals surface area contributed by atoms with Gasteiger partial charge in [0.1, 0.15) is 16.8 Å². The molecule has 0 saturated heterocycles. The molecule has 0 fully saturated rings. The van der Waals surface area contributed by atoms with Gasteiger partial charge in [-0.2, -0.15) is 0 Å². The molecular formula is C27H39N3O4S. The minimum atomic E-state index is -0.880. The first-order valence-electron chi connectivity index (χ1n) is 12.1. The van der Waals surface area contributed by atoms with Gasteiger partial charge in [0.2, 0.25) is 0 Å². The van der Waals surface area contributed by atoms with Crippen LogP contribution in [0, 0.1) is 11.8 Å². The van der Waals surface area contributed by atoms with Gasteiger partial charge >= 0.3 is 5.97 Å². The van der Waals surface area contributed by atoms with E-state index in [1.54, 1.807) is 12.3 Å². The molecule has 0 spiro atoms. The number of hydrogen-bond acceptors (Lipinski definition) is 6. The average molecular weight is 502 g/mol. The maximum Gasteiger partial charge on any atom is 0.306 e. The summed E-state index contributed by atoms with van der Waals surface area (Å²) in [5.41, 5.74) is 2.28. The van der Waals surface area contributed by atoms with Gasteiger partial charge in [0.25, 0.3) is 5.91 Å². The fourth-order valence-electron chi connectivity index (χ4n) is 3.86. The number of carboxylic acids is 1. The maximum atomic E-state index is 13.1. The second-order valence-corrected chi connectivity index (χ2v) is 10.4. The largest absolute Gasteiger partial charge is 0.481 e. The zero-order chi connectivity index (χ0) is 26.0. The zero-order valence-corrected chi connectivity index (χ0v) is 22.2. The van der Waals surface area contributed by atoms with E-state index in [1.807, 2.05) is 44.3 Å². The Hall–Kier alpha value is -2.55. The number of benzene rings is 1. The summed E-state index contributed by atoms with van der Waals surface area (Å²) in [4.78, 5) is 29.2. The Kier molecular flexibility index (Phi) is 11.6. The van der Waals surface area contributed by atoms with E-state index in [4.69, 9.17) is 4.74 Å². The number of hydrogen-bond donors (Lipinski definition) is 3. The van der Waals surface area contributed by atoms with E-state index in [0.717, 1.165) is 22.6 Å². The summed E-state index contributed by atoms with van der Waals surface area (Å²) < 4.78 is 6.12. The fraction of sp³-hybridized carbons (Fsp3) is 0.519. The standard InChI is InChI=1S/C27H39N3O4S/c1-17(2)15-34-24(14-22(28-6)18(3)4)26-30-23(16-35-26)25(31)29-21(12-19(5)27(32)33)13-20-10-8-7-9-11-20/h7-11,16,18-19,21-22,24,28H,1,12-15H2,2-6H3,(H,29,31)(H,32,33)/t19?,21?,22-,24-/m1/s1. The van der Waals surface area contributed by atoms with E-state index in [0.29, 0.717) is 31.1 Å². The molecular weight excluding hydrogens is 462 g/mol. The highest BCUT2D eigenvalue weighted by Gasteiger charge is 2.26. The lowest BCUT2D eigenvalue weighted by atomic mass is 9.96. The van der Waals surface area contributed by atoms with Crippen molar-refractivity contribution >= 4 is 23.2 Å². The third-order valence-electron chi connectivity index (χ3n) is 5.92. The van der Waals surface area contributed by atoms with Crippen LogP contribution in [0.4, 0.5) is 0 Å². The van der Waals surface area contributed by atoms with Crippen molar-refractivity contribution in [3.05, 3.63) is 64.1 Å². The van der Waals surface area contributed by atoms with Crippen LogP contribution in [0.1, 0.15) is 67.7 Å². The summed E-state index contributed by atoms with van der Waals surface area (Å²) >= 11 is 1.40. The molecule has 35 heavy (non-hydrogen) atoms. The first-order chi connectivity index (χ1) is 16.6. The first-order valence-corrected chi connectivity index (χ1v) is 12.9. The van der Waals surface area contributed by atoms with E-state index in [-0.39, 0.29) is 24.1 Å². The molecule has 1 amide bonds. The third kappa shape index (κ3) is 9.55. The van der Waals surface area contributed by atoms with Crippen LogP contribution >= 0.6 is 11.3 Å². The number of aromatic nitrogens is 1. The SMILES string of the molecule is C=C(C)CO[C@H](C[C@@H](NC)C(C)C)c1nc(C(=O)NC(Cc2ccccc2)CC(C)C(=O)O)cs1. The van der Waals surface area contributed by atoms with E-state index >= 15 is 0 Å². The van der Waals surface area contributed by atoms with Gasteiger partial charge in [0.05, 0.1) is 12.5 Å². The molecule has 192 valence electrons. The minimum absolute atomic E-state index is 0.235. The number of nitrogens with zero attached hydrogens (tertiary/aromatic N) is 1. The van der Waals surface area contributed by atoms with Crippen LogP contribution in [0.2, 0.25) is 0 Å². The summed E-state index contributed by atoms with van der Waals surface area (Å²) in [5.74, 6) is -1.35. The summed E-state index contributed by atoms with van der Waals surface area (Å²) in [6, 6.07) is 9.65. The summed E-state index contributed by atoms with van der Waals surface area (Å²) in [6.07, 6.45) is 1.34. The van der Waals surface area contributed by atoms with Crippen LogP contribution in [0.25, 0.3) is 0 Å². The lowest BCUT2D eigenvalue weighted by molar-refractivity contribution is -0.141. The van der Waals surface area contributed by atoms with Crippen molar-refractivity contribution in [3.8, 4) is 0 Å². The van der Waals surface area contributed by atoms with Crippen molar-refractivity contribution in [3.63, 3.8) is 0 Å². The number of nitrogens with one attached hydrogen (secondary N) is 2. The number of carbonyl (C=O) groups excluding carboxylic acids is 1. The van der Waals surface area contributed by atoms with Crippen molar-refractivity contribution in [1.29, 1.82) is 0 Å². The smallest absolute Gasteiger partial charge is 0.306 e. The van der Waals surface area contributed by atoms with Crippen LogP contribution in [0.3, 0.4) is 0 Å². The molecule has 4 atom stereocenters. The van der Waals surface area contributed by atoms with E-state index in [1.165, 1.54) is 11.3 Å². The Balaban J connectivity index is 2.18. The molecule has 8 heteroatoms. The van der Waals surface area contributed by atoms with Crippen molar-refractivity contribution < 1.29 is 19.4 Å². The zero-order valence-electron chi connectivity index (χ0n) is 21.4. The number of carbonyl (C=O) groups is 2. The van der Waals surface area contributed by atoms with Crippen molar-refractivity contribution in [2.75, 3.05) is 13.7 Å². The fourth-order valence-corrected chi connectivity index (χ4v) is 4.71. The summed E-state index contributed by atoms with van der Waals surface area (Å²) in [7, 11) is 1.94. The highest BCUT2D eigenvalue weighted by atomic mass is 32.1. The maximum absolute atomic E-state index is 13.1. The molecule has 2 aromatic rings. The average Bonchev–Trinajstić information content (AvgIpc) is 3.29. The van der Waals surface area contributed by atoms with E-state index in [9.17, 15) is 14.7 Å². The predicted octanol–water partition coefficient (Wildman–Crippen LogP) is 4.86. The summed E-state index contributed by atoms with van der Waals surface area (Å²) in [5, 5.41) is 18.2. The minimum Gasteiger partial charge on any atom is -0.481 e. The number of rotatable bonds is 15. The van der Waals surface area contributed by atoms with Crippen molar-refractivity contribution in [2.45, 2.75) is 65.1 Å². The molecule has 3 N–H and O–H groups in total. The van der Waals surface area contributed by atoms with Gasteiger partial charge in [-0.1, -0.05) is 63.3 Å². The number of ether oxygens (including phenoxy) is 1. The molecule has 0 radical (unpaired) electrons. The topological polar surface area (TPSA) is 101 Å². The number of amides is 1. The van der Waals surface area contributed by atoms with Crippen LogP contribution in [0.5, 0.6) is 0 Å².